The van der Waals surface area contributed by atoms with Gasteiger partial charge in [-0.1, -0.05) is 19.4 Å². The van der Waals surface area contributed by atoms with Crippen LogP contribution in [0.5, 0.6) is 5.75 Å². The van der Waals surface area contributed by atoms with E-state index in [9.17, 15) is 23.2 Å². The number of aromatic nitrogens is 1. The van der Waals surface area contributed by atoms with Crippen molar-refractivity contribution in [2.24, 2.45) is 0 Å². The van der Waals surface area contributed by atoms with Crippen molar-refractivity contribution in [2.75, 3.05) is 33.5 Å². The molecule has 2 aliphatic heterocycles. The van der Waals surface area contributed by atoms with Gasteiger partial charge in [-0.25, -0.2) is 8.78 Å². The first kappa shape index (κ1) is 26.7. The predicted molar refractivity (Wildman–Crippen MR) is 130 cm³/mol. The number of nitrogens with one attached hydrogen (secondary N) is 1. The van der Waals surface area contributed by atoms with E-state index >= 15 is 0 Å². The Morgan fingerprint density at radius 2 is 2.05 bits per heavy atom. The molecule has 1 aromatic heterocycles. The third kappa shape index (κ3) is 4.73. The second kappa shape index (κ2) is 11.0. The Labute approximate surface area is 213 Å². The fourth-order valence-electron chi connectivity index (χ4n) is 4.96. The topological polar surface area (TPSA) is 99.1 Å². The second-order valence-electron chi connectivity index (χ2n) is 9.13. The van der Waals surface area contributed by atoms with Crippen molar-refractivity contribution in [2.45, 2.75) is 51.4 Å². The Bertz CT molecular complexity index is 1240. The van der Waals surface area contributed by atoms with Crippen molar-refractivity contribution in [3.8, 4) is 5.75 Å². The molecule has 0 aliphatic carbocycles. The number of hydrogen-bond donors (Lipinski definition) is 1. The number of carbonyl (C=O) groups is 2. The number of carbonyl (C=O) groups excluding carboxylic acids is 2. The lowest BCUT2D eigenvalue weighted by Crippen LogP contribution is -2.63. The van der Waals surface area contributed by atoms with E-state index in [-0.39, 0.29) is 42.3 Å². The van der Waals surface area contributed by atoms with Gasteiger partial charge in [-0.05, 0) is 19.4 Å². The number of pyridine rings is 1. The number of nitrogens with zero attached hydrogens (tertiary/aromatic N) is 2. The molecule has 1 fully saturated rings. The monoisotopic (exact) mass is 519 g/mol. The van der Waals surface area contributed by atoms with Crippen LogP contribution in [0.2, 0.25) is 0 Å². The molecule has 2 amide bonds. The van der Waals surface area contributed by atoms with E-state index in [2.05, 4.69) is 5.32 Å². The fourth-order valence-corrected chi connectivity index (χ4v) is 4.96. The highest BCUT2D eigenvalue weighted by Crippen LogP contribution is 2.41. The number of fused-ring (bicyclic) bond motifs is 2. The van der Waals surface area contributed by atoms with Gasteiger partial charge in [-0.3, -0.25) is 14.4 Å². The third-order valence-electron chi connectivity index (χ3n) is 6.89. The van der Waals surface area contributed by atoms with Gasteiger partial charge < -0.3 is 29.0 Å². The number of likely N-dealkylation sites (N-methyl/N-ethyl adjacent to an activating group) is 1. The summed E-state index contributed by atoms with van der Waals surface area (Å²) in [6.07, 6.45) is 2.55. The van der Waals surface area contributed by atoms with Crippen LogP contribution in [-0.4, -0.2) is 61.0 Å². The van der Waals surface area contributed by atoms with Crippen molar-refractivity contribution in [1.29, 1.82) is 0 Å². The summed E-state index contributed by atoms with van der Waals surface area (Å²) in [4.78, 5) is 41.9. The van der Waals surface area contributed by atoms with Gasteiger partial charge in [0.15, 0.2) is 17.7 Å². The average molecular weight is 520 g/mol. The standard InChI is InChI=1S/C26H31F2N3O6/c1-4-6-10-37-22-20-24(34)30(5-2)25(35-3)26(9-11-36-15-26)31(20)14-18(21(22)32)23(33)29-13-16-7-8-17(27)12-19(16)28/h7-8,12,14,25H,4-6,9-11,13,15H2,1-3H3,(H,29,33). The molecule has 37 heavy (non-hydrogen) atoms. The lowest BCUT2D eigenvalue weighted by atomic mass is 9.90. The molecule has 1 saturated heterocycles. The van der Waals surface area contributed by atoms with Crippen molar-refractivity contribution < 1.29 is 32.6 Å². The van der Waals surface area contributed by atoms with Crippen molar-refractivity contribution in [3.63, 3.8) is 0 Å². The van der Waals surface area contributed by atoms with E-state index in [1.807, 2.05) is 13.8 Å². The van der Waals surface area contributed by atoms with E-state index in [0.29, 0.717) is 26.0 Å². The minimum absolute atomic E-state index is 0.0443. The van der Waals surface area contributed by atoms with Gasteiger partial charge >= 0.3 is 0 Å². The van der Waals surface area contributed by atoms with Crippen molar-refractivity contribution >= 4 is 11.8 Å². The zero-order chi connectivity index (χ0) is 26.7. The SMILES string of the molecule is CCCCOc1c2n(cc(C(=O)NCc3ccc(F)cc3F)c1=O)C1(CCOC1)C(OC)N(CC)C2=O. The summed E-state index contributed by atoms with van der Waals surface area (Å²) in [5.74, 6) is -3.00. The first-order chi connectivity index (χ1) is 17.8. The average Bonchev–Trinajstić information content (AvgIpc) is 3.36. The molecule has 0 saturated carbocycles. The van der Waals surface area contributed by atoms with E-state index < -0.39 is 40.6 Å². The molecule has 11 heteroatoms. The molecule has 2 unspecified atom stereocenters. The number of methoxy groups -OCH3 is 1. The van der Waals surface area contributed by atoms with Gasteiger partial charge in [0.2, 0.25) is 5.43 Å². The van der Waals surface area contributed by atoms with Crippen molar-refractivity contribution in [1.82, 2.24) is 14.8 Å². The van der Waals surface area contributed by atoms with Gasteiger partial charge in [0.25, 0.3) is 11.8 Å². The fraction of sp³-hybridized carbons (Fsp3) is 0.500. The summed E-state index contributed by atoms with van der Waals surface area (Å²) < 4.78 is 46.3. The second-order valence-corrected chi connectivity index (χ2v) is 9.13. The number of halogens is 2. The Morgan fingerprint density at radius 3 is 2.68 bits per heavy atom. The molecule has 9 nitrogen and oxygen atoms in total. The van der Waals surface area contributed by atoms with Crippen LogP contribution in [0.4, 0.5) is 8.78 Å². The third-order valence-corrected chi connectivity index (χ3v) is 6.89. The summed E-state index contributed by atoms with van der Waals surface area (Å²) in [5.41, 5.74) is -1.79. The zero-order valence-corrected chi connectivity index (χ0v) is 21.1. The van der Waals surface area contributed by atoms with Crippen LogP contribution in [0, 0.1) is 11.6 Å². The smallest absolute Gasteiger partial charge is 0.276 e. The van der Waals surface area contributed by atoms with Gasteiger partial charge in [0.05, 0.1) is 13.2 Å². The van der Waals surface area contributed by atoms with Crippen LogP contribution in [-0.2, 0) is 21.6 Å². The zero-order valence-electron chi connectivity index (χ0n) is 21.1. The van der Waals surface area contributed by atoms with Crippen LogP contribution < -0.4 is 15.5 Å². The van der Waals surface area contributed by atoms with Crippen LogP contribution in [0.15, 0.2) is 29.2 Å². The lowest BCUT2D eigenvalue weighted by molar-refractivity contribution is -0.105. The summed E-state index contributed by atoms with van der Waals surface area (Å²) >= 11 is 0. The summed E-state index contributed by atoms with van der Waals surface area (Å²) in [6, 6.07) is 3.02. The van der Waals surface area contributed by atoms with Gasteiger partial charge in [-0.15, -0.1) is 0 Å². The number of rotatable bonds is 9. The molecular weight excluding hydrogens is 488 g/mol. The number of benzene rings is 1. The highest BCUT2D eigenvalue weighted by atomic mass is 19.1. The van der Waals surface area contributed by atoms with E-state index in [1.165, 1.54) is 24.3 Å². The Hall–Kier alpha value is -3.31. The van der Waals surface area contributed by atoms with Gasteiger partial charge in [0.1, 0.15) is 22.7 Å². The van der Waals surface area contributed by atoms with Crippen molar-refractivity contribution in [3.05, 3.63) is 63.1 Å². The summed E-state index contributed by atoms with van der Waals surface area (Å²) in [6.45, 7) is 4.61. The number of amides is 2. The molecule has 1 spiro atoms. The molecule has 0 bridgehead atoms. The molecule has 2 aliphatic rings. The molecule has 4 rings (SSSR count). The van der Waals surface area contributed by atoms with Crippen LogP contribution in [0.3, 0.4) is 0 Å². The van der Waals surface area contributed by atoms with E-state index in [1.54, 1.807) is 4.57 Å². The summed E-state index contributed by atoms with van der Waals surface area (Å²) in [5, 5.41) is 2.52. The Morgan fingerprint density at radius 1 is 1.27 bits per heavy atom. The predicted octanol–water partition coefficient (Wildman–Crippen LogP) is 2.80. The molecular formula is C26H31F2N3O6. The molecule has 2 atom stereocenters. The van der Waals surface area contributed by atoms with Gasteiger partial charge in [-0.2, -0.15) is 0 Å². The Kier molecular flexibility index (Phi) is 7.93. The molecule has 1 N–H and O–H groups in total. The number of unbranched alkanes of at least 4 members (excludes halogenated alkanes) is 1. The lowest BCUT2D eigenvalue weighted by Gasteiger charge is -2.48. The highest BCUT2D eigenvalue weighted by molar-refractivity contribution is 5.99. The molecule has 1 aromatic carbocycles. The first-order valence-corrected chi connectivity index (χ1v) is 12.4. The van der Waals surface area contributed by atoms with Crippen LogP contribution >= 0.6 is 0 Å². The normalized spacial score (nSPS) is 20.8. The molecule has 2 aromatic rings. The van der Waals surface area contributed by atoms with E-state index in [0.717, 1.165) is 18.6 Å². The van der Waals surface area contributed by atoms with Crippen LogP contribution in [0.25, 0.3) is 0 Å². The van der Waals surface area contributed by atoms with Gasteiger partial charge in [0, 0.05) is 51.1 Å². The first-order valence-electron chi connectivity index (χ1n) is 12.4. The maximum absolute atomic E-state index is 14.1. The quantitative estimate of drug-likeness (QED) is 0.512. The maximum Gasteiger partial charge on any atom is 0.276 e. The molecule has 0 radical (unpaired) electrons. The van der Waals surface area contributed by atoms with E-state index in [4.69, 9.17) is 14.2 Å². The minimum Gasteiger partial charge on any atom is -0.487 e. The minimum atomic E-state index is -0.886. The Balaban J connectivity index is 1.82. The molecule has 3 heterocycles. The summed E-state index contributed by atoms with van der Waals surface area (Å²) in [7, 11) is 1.50. The number of hydrogen-bond acceptors (Lipinski definition) is 6. The molecule has 200 valence electrons. The van der Waals surface area contributed by atoms with Crippen LogP contribution in [0.1, 0.15) is 59.5 Å². The largest absolute Gasteiger partial charge is 0.487 e. The maximum atomic E-state index is 14.1. The number of ether oxygens (including phenoxy) is 3. The highest BCUT2D eigenvalue weighted by Gasteiger charge is 2.54.